The van der Waals surface area contributed by atoms with E-state index in [0.717, 1.165) is 222 Å². The van der Waals surface area contributed by atoms with E-state index < -0.39 is 0 Å². The molecule has 148 heavy (non-hydrogen) atoms. The number of nitrogens with zero attached hydrogens (tertiary/aromatic N) is 8. The van der Waals surface area contributed by atoms with Gasteiger partial charge in [-0.25, -0.2) is 4.85 Å². The van der Waals surface area contributed by atoms with Crippen LogP contribution in [-0.2, 0) is 0 Å². The van der Waals surface area contributed by atoms with Gasteiger partial charge in [-0.05, 0) is 339 Å². The molecule has 8 nitrogen and oxygen atoms in total. The second-order valence-corrected chi connectivity index (χ2v) is 39.1. The molecule has 700 valence electrons. The average Bonchev–Trinajstić information content (AvgIpc) is 0.718. The third-order valence-electron chi connectivity index (χ3n) is 29.0. The van der Waals surface area contributed by atoms with Gasteiger partial charge in [0.15, 0.2) is 5.69 Å². The molecule has 0 aliphatic heterocycles. The molecule has 0 saturated carbocycles. The van der Waals surface area contributed by atoms with Crippen LogP contribution >= 0.6 is 0 Å². The molecule has 0 unspecified atom stereocenters. The molecule has 24 rings (SSSR count). The first-order chi connectivity index (χ1) is 72.4. The molecular weight excluding hydrogens is 1790 g/mol. The highest BCUT2D eigenvalue weighted by molar-refractivity contribution is 6.30. The SMILES string of the molecule is Cc1ccc(-c2cc(-c3ccc(C)cc3)cc(N(c3ccccc3C#N)c3ccc4ccc5c(N(c6cc(-c7ccc(C)cc7)cc(-c7ccc(C)cc7)c6)c6ccccc6C#N)ccc6ccc3c4c65)c2)cc1.[C-]#[N+]c1cccc(N(c2cc(-c3ccc(C)cc3)cc(-c3ccc(C)cc3)c2)c2ccc3ccc4c(N(c5cccc(C#N)c5)c5cc(-c6ccc(C)cc6)cc(-c6ccc(C)cc6)c5)ccc5ccc2c3c54)c1. The van der Waals surface area contributed by atoms with Crippen LogP contribution in [0.1, 0.15) is 61.2 Å². The van der Waals surface area contributed by atoms with Gasteiger partial charge in [-0.2, -0.15) is 15.8 Å². The lowest BCUT2D eigenvalue weighted by Crippen LogP contribution is -2.13. The van der Waals surface area contributed by atoms with Crippen LogP contribution in [0.5, 0.6) is 0 Å². The van der Waals surface area contributed by atoms with Crippen molar-refractivity contribution in [1.82, 2.24) is 0 Å². The summed E-state index contributed by atoms with van der Waals surface area (Å²) in [6, 6.07) is 172. The van der Waals surface area contributed by atoms with Gasteiger partial charge < -0.3 is 19.6 Å². The molecule has 0 aliphatic rings. The number of hydrogen-bond donors (Lipinski definition) is 0. The van der Waals surface area contributed by atoms with E-state index >= 15 is 0 Å². The van der Waals surface area contributed by atoms with E-state index in [1.165, 1.54) is 44.5 Å². The zero-order chi connectivity index (χ0) is 101. The molecule has 0 aliphatic carbocycles. The van der Waals surface area contributed by atoms with Gasteiger partial charge in [-0.3, -0.25) is 0 Å². The van der Waals surface area contributed by atoms with Gasteiger partial charge in [0, 0.05) is 55.7 Å². The Kier molecular flexibility index (Phi) is 24.4. The van der Waals surface area contributed by atoms with Crippen LogP contribution in [0.2, 0.25) is 0 Å². The first kappa shape index (κ1) is 92.2. The number of benzene rings is 24. The molecule has 0 N–H and O–H groups in total. The molecule has 0 atom stereocenters. The van der Waals surface area contributed by atoms with Crippen molar-refractivity contribution < 1.29 is 0 Å². The summed E-state index contributed by atoms with van der Waals surface area (Å²) in [7, 11) is 0. The lowest BCUT2D eigenvalue weighted by molar-refractivity contribution is 1.28. The van der Waals surface area contributed by atoms with E-state index in [1.807, 2.05) is 72.8 Å². The second kappa shape index (κ2) is 39.1. The molecule has 0 amide bonds. The molecule has 0 aromatic heterocycles. The van der Waals surface area contributed by atoms with Crippen molar-refractivity contribution in [1.29, 1.82) is 15.8 Å². The number of nitriles is 3. The second-order valence-electron chi connectivity index (χ2n) is 39.1. The summed E-state index contributed by atoms with van der Waals surface area (Å²) in [6.07, 6.45) is 0. The van der Waals surface area contributed by atoms with E-state index in [1.54, 1.807) is 0 Å². The Hall–Kier alpha value is -19.5. The van der Waals surface area contributed by atoms with Crippen LogP contribution in [-0.4, -0.2) is 0 Å². The summed E-state index contributed by atoms with van der Waals surface area (Å²) < 4.78 is 0. The van der Waals surface area contributed by atoms with Crippen LogP contribution < -0.4 is 19.6 Å². The van der Waals surface area contributed by atoms with Crippen LogP contribution in [0, 0.1) is 96.0 Å². The largest absolute Gasteiger partial charge is 0.311 e. The first-order valence-electron chi connectivity index (χ1n) is 50.1. The van der Waals surface area contributed by atoms with E-state index in [0.29, 0.717) is 22.4 Å². The van der Waals surface area contributed by atoms with Crippen molar-refractivity contribution >= 4 is 139 Å². The summed E-state index contributed by atoms with van der Waals surface area (Å²) in [5.74, 6) is 0. The van der Waals surface area contributed by atoms with Crippen molar-refractivity contribution in [3.05, 3.63) is 534 Å². The number of aryl methyl sites for hydroxylation is 8. The van der Waals surface area contributed by atoms with Crippen molar-refractivity contribution in [2.75, 3.05) is 19.6 Å². The zero-order valence-electron chi connectivity index (χ0n) is 83.5. The molecule has 0 radical (unpaired) electrons. The highest BCUT2D eigenvalue weighted by atomic mass is 15.2. The van der Waals surface area contributed by atoms with E-state index in [2.05, 4.69) is 486 Å². The summed E-state index contributed by atoms with van der Waals surface area (Å²) >= 11 is 0. The quantitative estimate of drug-likeness (QED) is 0.0555. The Morgan fingerprint density at radius 2 is 0.412 bits per heavy atom. The van der Waals surface area contributed by atoms with Gasteiger partial charge in [-0.1, -0.05) is 354 Å². The molecule has 24 aromatic rings. The van der Waals surface area contributed by atoms with E-state index in [4.69, 9.17) is 6.57 Å². The lowest BCUT2D eigenvalue weighted by atomic mass is 9.91. The van der Waals surface area contributed by atoms with Crippen molar-refractivity contribution in [3.8, 4) is 107 Å². The summed E-state index contributed by atoms with van der Waals surface area (Å²) in [5, 5.41) is 45.2. The lowest BCUT2D eigenvalue weighted by Gasteiger charge is -2.31. The van der Waals surface area contributed by atoms with E-state index in [-0.39, 0.29) is 0 Å². The Labute approximate surface area is 864 Å². The van der Waals surface area contributed by atoms with Crippen molar-refractivity contribution in [2.24, 2.45) is 0 Å². The fourth-order valence-electron chi connectivity index (χ4n) is 21.2. The normalized spacial score (nSPS) is 11.2. The molecule has 0 saturated heterocycles. The molecule has 8 heteroatoms. The molecular formula is C140H100N8. The van der Waals surface area contributed by atoms with Gasteiger partial charge in [0.05, 0.1) is 63.5 Å². The summed E-state index contributed by atoms with van der Waals surface area (Å²) in [5.41, 5.74) is 40.7. The Bertz CT molecular complexity index is 8640. The summed E-state index contributed by atoms with van der Waals surface area (Å²) in [6.45, 7) is 25.1. The number of rotatable bonds is 20. The molecule has 0 bridgehead atoms. The molecule has 0 fully saturated rings. The van der Waals surface area contributed by atoms with Gasteiger partial charge in [0.25, 0.3) is 0 Å². The minimum Gasteiger partial charge on any atom is -0.311 e. The van der Waals surface area contributed by atoms with Crippen LogP contribution in [0.25, 0.3) is 158 Å². The number of anilines is 12. The predicted octanol–water partition coefficient (Wildman–Crippen LogP) is 39.0. The third kappa shape index (κ3) is 17.8. The highest BCUT2D eigenvalue weighted by Gasteiger charge is 2.30. The van der Waals surface area contributed by atoms with Crippen LogP contribution in [0.4, 0.5) is 73.9 Å². The van der Waals surface area contributed by atoms with Gasteiger partial charge in [0.2, 0.25) is 0 Å². The Morgan fingerprint density at radius 3 is 0.662 bits per heavy atom. The molecule has 0 heterocycles. The van der Waals surface area contributed by atoms with E-state index in [9.17, 15) is 15.8 Å². The smallest absolute Gasteiger partial charge is 0.189 e. The number of hydrogen-bond acceptors (Lipinski definition) is 7. The summed E-state index contributed by atoms with van der Waals surface area (Å²) in [4.78, 5) is 13.1. The number of para-hydroxylation sites is 2. The van der Waals surface area contributed by atoms with Crippen molar-refractivity contribution in [2.45, 2.75) is 55.4 Å². The fraction of sp³-hybridized carbons (Fsp3) is 0.0571. The topological polar surface area (TPSA) is 88.7 Å². The van der Waals surface area contributed by atoms with Crippen molar-refractivity contribution in [3.63, 3.8) is 0 Å². The maximum atomic E-state index is 10.8. The Balaban J connectivity index is 0.000000163. The maximum absolute atomic E-state index is 10.8. The van der Waals surface area contributed by atoms with Crippen LogP contribution in [0.15, 0.2) is 461 Å². The first-order valence-corrected chi connectivity index (χ1v) is 50.1. The van der Waals surface area contributed by atoms with Gasteiger partial charge >= 0.3 is 0 Å². The Morgan fingerprint density at radius 1 is 0.182 bits per heavy atom. The highest BCUT2D eigenvalue weighted by Crippen LogP contribution is 2.55. The minimum atomic E-state index is 0.570. The monoisotopic (exact) mass is 1890 g/mol. The standard InChI is InChI=1S/2C70H50N4/c1-45-12-20-50(21-13-45)56-37-57(51-22-14-46(2)15-23-51)40-63(39-56)73(61-10-6-8-49(36-61)44-71)67-34-30-54-29-33-66-68(35-31-55-28-32-65(67)69(54)70(55)66)74(62-11-7-9-60(43-62)72-5)64-41-58(52-24-16-47(3)17-25-52)38-59(42-64)53-26-18-48(4)19-27-53;1-45-13-21-49(22-14-45)57-37-58(50-23-15-46(2)16-24-50)40-61(39-57)73(65-11-7-5-9-55(65)43-71)67-35-31-53-30-34-64-68(36-32-54-29-33-63(67)69(53)70(54)64)74(66-12-8-6-10-56(66)44-72)62-41-59(51-25-17-47(3)18-26-51)38-60(42-62)52-27-19-48(4)20-28-52/h6-43H,1-4H3;5-42H,1-4H3. The maximum Gasteiger partial charge on any atom is 0.189 e. The third-order valence-corrected chi connectivity index (χ3v) is 29.0. The molecule has 0 spiro atoms. The zero-order valence-corrected chi connectivity index (χ0v) is 83.5. The van der Waals surface area contributed by atoms with Gasteiger partial charge in [-0.15, -0.1) is 0 Å². The fourth-order valence-corrected chi connectivity index (χ4v) is 21.2. The van der Waals surface area contributed by atoms with Gasteiger partial charge in [0.1, 0.15) is 12.1 Å². The molecule has 24 aromatic carbocycles. The van der Waals surface area contributed by atoms with Crippen LogP contribution in [0.3, 0.4) is 0 Å². The minimum absolute atomic E-state index is 0.570. The predicted molar refractivity (Wildman–Crippen MR) is 621 cm³/mol. The average molecular weight is 1890 g/mol.